The molecule has 1 unspecified atom stereocenters. The Morgan fingerprint density at radius 3 is 2.38 bits per heavy atom. The van der Waals surface area contributed by atoms with Gasteiger partial charge in [0.05, 0.1) is 12.6 Å². The van der Waals surface area contributed by atoms with Crippen LogP contribution in [0.1, 0.15) is 18.5 Å². The van der Waals surface area contributed by atoms with Gasteiger partial charge in [0.25, 0.3) is 0 Å². The molecule has 1 saturated heterocycles. The van der Waals surface area contributed by atoms with Gasteiger partial charge in [0.1, 0.15) is 5.82 Å². The van der Waals surface area contributed by atoms with Gasteiger partial charge in [0.15, 0.2) is 0 Å². The van der Waals surface area contributed by atoms with E-state index in [0.717, 1.165) is 37.4 Å². The molecule has 1 fully saturated rings. The molecular weight excluding hydrogens is 378 g/mol. The molecule has 1 aromatic carbocycles. The van der Waals surface area contributed by atoms with Gasteiger partial charge < -0.3 is 20.9 Å². The van der Waals surface area contributed by atoms with E-state index in [1.807, 2.05) is 6.92 Å². The molecule has 9 heteroatoms. The molecule has 1 amide bonds. The zero-order valence-electron chi connectivity index (χ0n) is 13.8. The summed E-state index contributed by atoms with van der Waals surface area (Å²) in [5, 5.41) is 2.79. The average molecular weight is 404 g/mol. The van der Waals surface area contributed by atoms with E-state index in [1.54, 1.807) is 6.07 Å². The lowest BCUT2D eigenvalue weighted by Gasteiger charge is -2.36. The first kappa shape index (κ1) is 25.5. The van der Waals surface area contributed by atoms with E-state index >= 15 is 0 Å². The second-order valence-corrected chi connectivity index (χ2v) is 5.49. The first-order valence-electron chi connectivity index (χ1n) is 7.23. The van der Waals surface area contributed by atoms with Crippen molar-refractivity contribution in [3.63, 3.8) is 0 Å². The van der Waals surface area contributed by atoms with Crippen LogP contribution in [0.15, 0.2) is 18.2 Å². The molecule has 0 bridgehead atoms. The van der Waals surface area contributed by atoms with Crippen molar-refractivity contribution < 1.29 is 9.18 Å². The Labute approximate surface area is 161 Å². The first-order chi connectivity index (χ1) is 10.0. The van der Waals surface area contributed by atoms with Gasteiger partial charge in [-0.3, -0.25) is 4.79 Å². The number of anilines is 1. The monoisotopic (exact) mass is 402 g/mol. The van der Waals surface area contributed by atoms with Crippen LogP contribution in [0.2, 0.25) is 0 Å². The summed E-state index contributed by atoms with van der Waals surface area (Å²) in [7, 11) is 2.09. The molecule has 1 aliphatic heterocycles. The van der Waals surface area contributed by atoms with Crippen LogP contribution < -0.4 is 16.0 Å². The lowest BCUT2D eigenvalue weighted by Crippen LogP contribution is -2.45. The number of rotatable bonds is 4. The molecule has 1 atom stereocenters. The summed E-state index contributed by atoms with van der Waals surface area (Å²) in [4.78, 5) is 16.0. The molecule has 3 N–H and O–H groups in total. The third-order valence-corrected chi connectivity index (χ3v) is 3.86. The van der Waals surface area contributed by atoms with E-state index in [2.05, 4.69) is 22.2 Å². The predicted octanol–water partition coefficient (Wildman–Crippen LogP) is 1.98. The van der Waals surface area contributed by atoms with E-state index in [-0.39, 0.29) is 61.5 Å². The fourth-order valence-corrected chi connectivity index (χ4v) is 2.59. The highest BCUT2D eigenvalue weighted by Crippen LogP contribution is 2.28. The van der Waals surface area contributed by atoms with Crippen molar-refractivity contribution in [3.8, 4) is 0 Å². The van der Waals surface area contributed by atoms with Crippen LogP contribution in [0.3, 0.4) is 0 Å². The quantitative estimate of drug-likeness (QED) is 0.807. The predicted molar refractivity (Wildman–Crippen MR) is 103 cm³/mol. The Bertz CT molecular complexity index is 513. The lowest BCUT2D eigenvalue weighted by molar-refractivity contribution is -0.120. The average Bonchev–Trinajstić information content (AvgIpc) is 2.48. The number of likely N-dealkylation sites (N-methyl/N-ethyl adjacent to an activating group) is 1. The summed E-state index contributed by atoms with van der Waals surface area (Å²) in [5.41, 5.74) is 7.10. The van der Waals surface area contributed by atoms with Crippen LogP contribution >= 0.6 is 37.2 Å². The largest absolute Gasteiger partial charge is 0.369 e. The Morgan fingerprint density at radius 1 is 1.25 bits per heavy atom. The molecular formula is C15H26Cl3FN4O. The third-order valence-electron chi connectivity index (χ3n) is 3.86. The molecule has 1 aromatic rings. The standard InChI is InChI=1S/C15H23FN4O.3ClH/c1-11(18-15(21)10-17)13-9-12(16)3-4-14(13)20-7-5-19(2)6-8-20;;;/h3-4,9,11H,5-8,10,17H2,1-2H3,(H,18,21);3*1H. The van der Waals surface area contributed by atoms with E-state index in [4.69, 9.17) is 5.73 Å². The van der Waals surface area contributed by atoms with Crippen molar-refractivity contribution >= 4 is 48.8 Å². The van der Waals surface area contributed by atoms with E-state index < -0.39 is 0 Å². The van der Waals surface area contributed by atoms with Crippen molar-refractivity contribution in [2.75, 3.05) is 44.7 Å². The van der Waals surface area contributed by atoms with Crippen LogP contribution in [0.5, 0.6) is 0 Å². The highest BCUT2D eigenvalue weighted by atomic mass is 35.5. The van der Waals surface area contributed by atoms with Gasteiger partial charge in [-0.2, -0.15) is 0 Å². The normalized spacial score (nSPS) is 15.4. The Hall–Kier alpha value is -0.790. The van der Waals surface area contributed by atoms with E-state index in [9.17, 15) is 9.18 Å². The van der Waals surface area contributed by atoms with Crippen molar-refractivity contribution in [3.05, 3.63) is 29.6 Å². The highest BCUT2D eigenvalue weighted by molar-refractivity contribution is 5.86. The van der Waals surface area contributed by atoms with Crippen molar-refractivity contribution in [2.45, 2.75) is 13.0 Å². The number of nitrogens with two attached hydrogens (primary N) is 1. The number of piperazine rings is 1. The number of nitrogens with zero attached hydrogens (tertiary/aromatic N) is 2. The molecule has 0 spiro atoms. The minimum absolute atomic E-state index is 0. The van der Waals surface area contributed by atoms with Gasteiger partial charge >= 0.3 is 0 Å². The molecule has 2 rings (SSSR count). The van der Waals surface area contributed by atoms with Crippen molar-refractivity contribution in [1.29, 1.82) is 0 Å². The van der Waals surface area contributed by atoms with Crippen LogP contribution in [-0.2, 0) is 4.79 Å². The Balaban J connectivity index is 0. The maximum atomic E-state index is 13.6. The highest BCUT2D eigenvalue weighted by Gasteiger charge is 2.20. The molecule has 140 valence electrons. The van der Waals surface area contributed by atoms with Crippen LogP contribution in [0.4, 0.5) is 10.1 Å². The van der Waals surface area contributed by atoms with Gasteiger partial charge in [-0.25, -0.2) is 4.39 Å². The first-order valence-corrected chi connectivity index (χ1v) is 7.23. The zero-order valence-corrected chi connectivity index (χ0v) is 16.3. The summed E-state index contributed by atoms with van der Waals surface area (Å²) < 4.78 is 13.6. The maximum absolute atomic E-state index is 13.6. The summed E-state index contributed by atoms with van der Waals surface area (Å²) in [6.07, 6.45) is 0. The van der Waals surface area contributed by atoms with Gasteiger partial charge in [-0.05, 0) is 32.2 Å². The van der Waals surface area contributed by atoms with Crippen LogP contribution in [0.25, 0.3) is 0 Å². The SMILES string of the molecule is CC(NC(=O)CN)c1cc(F)ccc1N1CCN(C)CC1.Cl.Cl.Cl. The molecule has 0 aliphatic carbocycles. The number of nitrogens with one attached hydrogen (secondary N) is 1. The minimum atomic E-state index is -0.295. The van der Waals surface area contributed by atoms with Crippen LogP contribution in [-0.4, -0.2) is 50.6 Å². The van der Waals surface area contributed by atoms with Gasteiger partial charge in [-0.1, -0.05) is 0 Å². The molecule has 1 aliphatic rings. The molecule has 0 radical (unpaired) electrons. The molecule has 5 nitrogen and oxygen atoms in total. The van der Waals surface area contributed by atoms with Crippen molar-refractivity contribution in [1.82, 2.24) is 10.2 Å². The van der Waals surface area contributed by atoms with E-state index in [1.165, 1.54) is 12.1 Å². The fraction of sp³-hybridized carbons (Fsp3) is 0.533. The van der Waals surface area contributed by atoms with Crippen LogP contribution in [0, 0.1) is 5.82 Å². The van der Waals surface area contributed by atoms with Gasteiger partial charge in [0.2, 0.25) is 5.91 Å². The number of carbonyl (C=O) groups excluding carboxylic acids is 1. The summed E-state index contributed by atoms with van der Waals surface area (Å²) in [6.45, 7) is 5.52. The topological polar surface area (TPSA) is 61.6 Å². The number of amides is 1. The second-order valence-electron chi connectivity index (χ2n) is 5.49. The lowest BCUT2D eigenvalue weighted by atomic mass is 10.0. The Kier molecular flexibility index (Phi) is 12.4. The fourth-order valence-electron chi connectivity index (χ4n) is 2.59. The number of benzene rings is 1. The third kappa shape index (κ3) is 6.61. The molecule has 0 aromatic heterocycles. The zero-order chi connectivity index (χ0) is 15.4. The summed E-state index contributed by atoms with van der Waals surface area (Å²) in [5.74, 6) is -0.534. The summed E-state index contributed by atoms with van der Waals surface area (Å²) >= 11 is 0. The minimum Gasteiger partial charge on any atom is -0.369 e. The molecule has 24 heavy (non-hydrogen) atoms. The summed E-state index contributed by atoms with van der Waals surface area (Å²) in [6, 6.07) is 4.48. The van der Waals surface area contributed by atoms with Gasteiger partial charge in [-0.15, -0.1) is 37.2 Å². The number of carbonyl (C=O) groups is 1. The number of hydrogen-bond donors (Lipinski definition) is 2. The Morgan fingerprint density at radius 2 is 1.83 bits per heavy atom. The number of halogens is 4. The van der Waals surface area contributed by atoms with Crippen molar-refractivity contribution in [2.24, 2.45) is 5.73 Å². The second kappa shape index (κ2) is 11.7. The van der Waals surface area contributed by atoms with Gasteiger partial charge in [0, 0.05) is 37.4 Å². The molecule has 0 saturated carbocycles. The molecule has 1 heterocycles. The smallest absolute Gasteiger partial charge is 0.234 e. The number of hydrogen-bond acceptors (Lipinski definition) is 4. The van der Waals surface area contributed by atoms with E-state index in [0.29, 0.717) is 0 Å². The maximum Gasteiger partial charge on any atom is 0.234 e.